The number of aromatic hydroxyl groups is 2. The third-order valence-corrected chi connectivity index (χ3v) is 5.94. The highest BCUT2D eigenvalue weighted by Crippen LogP contribution is 2.40. The molecule has 0 spiro atoms. The molecule has 0 aromatic heterocycles. The summed E-state index contributed by atoms with van der Waals surface area (Å²) < 4.78 is 6.00. The lowest BCUT2D eigenvalue weighted by molar-refractivity contribution is 0.0742. The summed E-state index contributed by atoms with van der Waals surface area (Å²) in [6.07, 6.45) is 4.59. The van der Waals surface area contributed by atoms with Crippen molar-refractivity contribution in [1.29, 1.82) is 0 Å². The van der Waals surface area contributed by atoms with Crippen molar-refractivity contribution in [2.75, 3.05) is 12.3 Å². The number of ether oxygens (including phenoxy) is 1. The van der Waals surface area contributed by atoms with E-state index in [1.54, 1.807) is 11.8 Å². The SMILES string of the molecule is Cc1c(O)cc(O)c(C(=O)N2Cc3cccc(N)c3C2)c1OCC1CCCC1. The predicted molar refractivity (Wildman–Crippen MR) is 106 cm³/mol. The largest absolute Gasteiger partial charge is 0.507 e. The predicted octanol–water partition coefficient (Wildman–Crippen LogP) is 3.71. The van der Waals surface area contributed by atoms with Gasteiger partial charge in [-0.05, 0) is 42.9 Å². The molecule has 0 saturated heterocycles. The van der Waals surface area contributed by atoms with E-state index in [0.29, 0.717) is 36.9 Å². The highest BCUT2D eigenvalue weighted by molar-refractivity contribution is 6.00. The molecule has 1 aliphatic heterocycles. The van der Waals surface area contributed by atoms with Crippen molar-refractivity contribution in [2.24, 2.45) is 5.92 Å². The molecule has 1 fully saturated rings. The number of anilines is 1. The van der Waals surface area contributed by atoms with Crippen LogP contribution in [0.15, 0.2) is 24.3 Å². The van der Waals surface area contributed by atoms with Gasteiger partial charge < -0.3 is 25.6 Å². The van der Waals surface area contributed by atoms with Gasteiger partial charge >= 0.3 is 0 Å². The zero-order valence-corrected chi connectivity index (χ0v) is 16.1. The number of hydrogen-bond donors (Lipinski definition) is 3. The molecule has 0 bridgehead atoms. The van der Waals surface area contributed by atoms with Crippen molar-refractivity contribution in [3.8, 4) is 17.2 Å². The average molecular weight is 382 g/mol. The van der Waals surface area contributed by atoms with E-state index in [0.717, 1.165) is 24.0 Å². The summed E-state index contributed by atoms with van der Waals surface area (Å²) in [6, 6.07) is 6.87. The van der Waals surface area contributed by atoms with E-state index in [1.165, 1.54) is 18.9 Å². The second-order valence-electron chi connectivity index (χ2n) is 7.85. The monoisotopic (exact) mass is 382 g/mol. The molecule has 28 heavy (non-hydrogen) atoms. The van der Waals surface area contributed by atoms with Crippen molar-refractivity contribution in [3.63, 3.8) is 0 Å². The van der Waals surface area contributed by atoms with E-state index in [4.69, 9.17) is 10.5 Å². The van der Waals surface area contributed by atoms with E-state index in [-0.39, 0.29) is 28.7 Å². The van der Waals surface area contributed by atoms with Crippen molar-refractivity contribution in [3.05, 3.63) is 46.5 Å². The number of hydrogen-bond acceptors (Lipinski definition) is 5. The van der Waals surface area contributed by atoms with Crippen LogP contribution in [-0.4, -0.2) is 27.6 Å². The Labute approximate surface area is 164 Å². The normalized spacial score (nSPS) is 16.4. The Kier molecular flexibility index (Phi) is 4.79. The Morgan fingerprint density at radius 3 is 2.68 bits per heavy atom. The molecule has 2 aromatic carbocycles. The van der Waals surface area contributed by atoms with Gasteiger partial charge in [-0.15, -0.1) is 0 Å². The molecule has 4 N–H and O–H groups in total. The minimum Gasteiger partial charge on any atom is -0.507 e. The summed E-state index contributed by atoms with van der Waals surface area (Å²) in [5, 5.41) is 20.6. The van der Waals surface area contributed by atoms with Gasteiger partial charge in [0.2, 0.25) is 0 Å². The summed E-state index contributed by atoms with van der Waals surface area (Å²) >= 11 is 0. The van der Waals surface area contributed by atoms with Gasteiger partial charge in [0.25, 0.3) is 5.91 Å². The Morgan fingerprint density at radius 1 is 1.21 bits per heavy atom. The van der Waals surface area contributed by atoms with E-state index in [1.807, 2.05) is 18.2 Å². The maximum Gasteiger partial charge on any atom is 0.262 e. The van der Waals surface area contributed by atoms with Crippen LogP contribution in [0.5, 0.6) is 17.2 Å². The molecule has 2 aliphatic rings. The first-order chi connectivity index (χ1) is 13.5. The van der Waals surface area contributed by atoms with E-state index in [2.05, 4.69) is 0 Å². The molecule has 148 valence electrons. The topological polar surface area (TPSA) is 96.0 Å². The van der Waals surface area contributed by atoms with Crippen LogP contribution in [0.2, 0.25) is 0 Å². The number of amides is 1. The lowest BCUT2D eigenvalue weighted by Crippen LogP contribution is -2.26. The summed E-state index contributed by atoms with van der Waals surface area (Å²) in [5.41, 5.74) is 9.25. The van der Waals surface area contributed by atoms with Gasteiger partial charge in [-0.2, -0.15) is 0 Å². The van der Waals surface area contributed by atoms with Crippen molar-refractivity contribution in [2.45, 2.75) is 45.7 Å². The number of nitrogen functional groups attached to an aromatic ring is 1. The Balaban J connectivity index is 1.64. The second kappa shape index (κ2) is 7.26. The molecule has 1 heterocycles. The number of carbonyl (C=O) groups is 1. The van der Waals surface area contributed by atoms with Gasteiger partial charge in [0, 0.05) is 30.4 Å². The van der Waals surface area contributed by atoms with Crippen LogP contribution >= 0.6 is 0 Å². The number of phenols is 2. The molecular weight excluding hydrogens is 356 g/mol. The molecule has 6 nitrogen and oxygen atoms in total. The fourth-order valence-electron chi connectivity index (χ4n) is 4.24. The number of nitrogens with two attached hydrogens (primary N) is 1. The number of carbonyl (C=O) groups excluding carboxylic acids is 1. The Morgan fingerprint density at radius 2 is 1.96 bits per heavy atom. The number of nitrogens with zero attached hydrogens (tertiary/aromatic N) is 1. The van der Waals surface area contributed by atoms with Crippen molar-refractivity contribution >= 4 is 11.6 Å². The Hall–Kier alpha value is -2.89. The van der Waals surface area contributed by atoms with Crippen LogP contribution in [0.25, 0.3) is 0 Å². The number of phenolic OH excluding ortho intramolecular Hbond substituents is 2. The summed E-state index contributed by atoms with van der Waals surface area (Å²) in [7, 11) is 0. The van der Waals surface area contributed by atoms with Gasteiger partial charge in [0.05, 0.1) is 6.61 Å². The maximum atomic E-state index is 13.3. The zero-order valence-electron chi connectivity index (χ0n) is 16.1. The third-order valence-electron chi connectivity index (χ3n) is 5.94. The van der Waals surface area contributed by atoms with Crippen LogP contribution in [-0.2, 0) is 13.1 Å². The molecule has 6 heteroatoms. The van der Waals surface area contributed by atoms with Gasteiger partial charge in [0.1, 0.15) is 22.8 Å². The fourth-order valence-corrected chi connectivity index (χ4v) is 4.24. The van der Waals surface area contributed by atoms with E-state index >= 15 is 0 Å². The first-order valence-electron chi connectivity index (χ1n) is 9.79. The average Bonchev–Trinajstić information content (AvgIpc) is 3.33. The lowest BCUT2D eigenvalue weighted by Gasteiger charge is -2.22. The van der Waals surface area contributed by atoms with Gasteiger partial charge in [-0.25, -0.2) is 0 Å². The molecule has 1 amide bonds. The summed E-state index contributed by atoms with van der Waals surface area (Å²) in [6.45, 7) is 3.01. The summed E-state index contributed by atoms with van der Waals surface area (Å²) in [4.78, 5) is 14.9. The molecule has 1 saturated carbocycles. The minimum atomic E-state index is -0.322. The number of rotatable bonds is 4. The molecule has 1 aliphatic carbocycles. The zero-order chi connectivity index (χ0) is 19.8. The second-order valence-corrected chi connectivity index (χ2v) is 7.85. The molecule has 4 rings (SSSR count). The maximum absolute atomic E-state index is 13.3. The van der Waals surface area contributed by atoms with E-state index < -0.39 is 0 Å². The first-order valence-corrected chi connectivity index (χ1v) is 9.79. The van der Waals surface area contributed by atoms with Gasteiger partial charge in [-0.1, -0.05) is 25.0 Å². The summed E-state index contributed by atoms with van der Waals surface area (Å²) in [5.74, 6) is 0.0570. The third kappa shape index (κ3) is 3.23. The first kappa shape index (κ1) is 18.5. The number of benzene rings is 2. The van der Waals surface area contributed by atoms with Crippen LogP contribution in [0.1, 0.15) is 52.7 Å². The molecular formula is C22H26N2O4. The standard InChI is InChI=1S/C22H26N2O4/c1-13-18(25)9-19(26)20(21(13)28-12-14-5-2-3-6-14)22(27)24-10-15-7-4-8-17(23)16(15)11-24/h4,7-9,14,25-26H,2-3,5-6,10-12,23H2,1H3. The van der Waals surface area contributed by atoms with Gasteiger partial charge in [-0.3, -0.25) is 4.79 Å². The van der Waals surface area contributed by atoms with Crippen LogP contribution in [0.4, 0.5) is 5.69 Å². The fraction of sp³-hybridized carbons (Fsp3) is 0.409. The van der Waals surface area contributed by atoms with Crippen LogP contribution in [0.3, 0.4) is 0 Å². The lowest BCUT2D eigenvalue weighted by atomic mass is 10.0. The van der Waals surface area contributed by atoms with E-state index in [9.17, 15) is 15.0 Å². The van der Waals surface area contributed by atoms with Crippen LogP contribution in [0, 0.1) is 12.8 Å². The molecule has 2 aromatic rings. The minimum absolute atomic E-state index is 0.0792. The van der Waals surface area contributed by atoms with Crippen molar-refractivity contribution < 1.29 is 19.7 Å². The quantitative estimate of drug-likeness (QED) is 0.701. The number of fused-ring (bicyclic) bond motifs is 1. The van der Waals surface area contributed by atoms with Crippen molar-refractivity contribution in [1.82, 2.24) is 4.90 Å². The van der Waals surface area contributed by atoms with Crippen LogP contribution < -0.4 is 10.5 Å². The smallest absolute Gasteiger partial charge is 0.262 e. The highest BCUT2D eigenvalue weighted by Gasteiger charge is 2.31. The van der Waals surface area contributed by atoms with Gasteiger partial charge in [0.15, 0.2) is 0 Å². The Bertz CT molecular complexity index is 919. The molecule has 0 atom stereocenters. The molecule has 0 unspecified atom stereocenters. The molecule has 0 radical (unpaired) electrons. The highest BCUT2D eigenvalue weighted by atomic mass is 16.5.